The lowest BCUT2D eigenvalue weighted by Crippen LogP contribution is -2.37. The Balaban J connectivity index is 1.93. The highest BCUT2D eigenvalue weighted by Crippen LogP contribution is 2.35. The number of carbonyl (C=O) groups is 1. The summed E-state index contributed by atoms with van der Waals surface area (Å²) in [4.78, 5) is 18.1. The maximum absolute atomic E-state index is 14.2. The Morgan fingerprint density at radius 3 is 2.56 bits per heavy atom. The SMILES string of the molecule is CC[C@H](CO)NC(=O)c1ccc(-c2cc(N(C)c3ccc(F)cc3F)ccc2O)nc1N. The Hall–Kier alpha value is -3.72. The van der Waals surface area contributed by atoms with Crippen LogP contribution >= 0.6 is 0 Å². The van der Waals surface area contributed by atoms with Gasteiger partial charge in [-0.15, -0.1) is 0 Å². The number of aliphatic hydroxyl groups excluding tert-OH is 1. The van der Waals surface area contributed by atoms with Gasteiger partial charge in [-0.1, -0.05) is 6.92 Å². The van der Waals surface area contributed by atoms with E-state index in [1.807, 2.05) is 6.92 Å². The van der Waals surface area contributed by atoms with Crippen LogP contribution in [0, 0.1) is 11.6 Å². The molecule has 0 fully saturated rings. The molecule has 3 rings (SSSR count). The first-order chi connectivity index (χ1) is 15.2. The minimum absolute atomic E-state index is 0.0458. The number of nitrogens with two attached hydrogens (primary N) is 1. The molecular weight excluding hydrogens is 418 g/mol. The number of nitrogens with one attached hydrogen (secondary N) is 1. The highest BCUT2D eigenvalue weighted by atomic mass is 19.1. The van der Waals surface area contributed by atoms with Gasteiger partial charge in [0, 0.05) is 24.4 Å². The van der Waals surface area contributed by atoms with Gasteiger partial charge in [0.15, 0.2) is 0 Å². The minimum Gasteiger partial charge on any atom is -0.507 e. The Morgan fingerprint density at radius 2 is 1.94 bits per heavy atom. The summed E-state index contributed by atoms with van der Waals surface area (Å²) in [6.45, 7) is 1.63. The van der Waals surface area contributed by atoms with Crippen LogP contribution in [0.3, 0.4) is 0 Å². The van der Waals surface area contributed by atoms with Crippen LogP contribution in [0.5, 0.6) is 5.75 Å². The van der Waals surface area contributed by atoms with Crippen molar-refractivity contribution in [3.05, 3.63) is 65.7 Å². The zero-order valence-electron chi connectivity index (χ0n) is 17.6. The number of anilines is 3. The smallest absolute Gasteiger partial charge is 0.255 e. The normalized spacial score (nSPS) is 11.8. The predicted octanol–water partition coefficient (Wildman–Crippen LogP) is 3.58. The van der Waals surface area contributed by atoms with Crippen molar-refractivity contribution in [3.8, 4) is 17.0 Å². The molecule has 1 amide bonds. The maximum Gasteiger partial charge on any atom is 0.255 e. The number of phenolic OH excluding ortho intramolecular Hbond substituents is 1. The van der Waals surface area contributed by atoms with E-state index in [0.29, 0.717) is 23.4 Å². The number of hydrogen-bond donors (Lipinski definition) is 4. The van der Waals surface area contributed by atoms with Gasteiger partial charge in [0.25, 0.3) is 5.91 Å². The molecule has 1 atom stereocenters. The molecule has 0 saturated heterocycles. The number of carbonyl (C=O) groups excluding carboxylic acids is 1. The van der Waals surface area contributed by atoms with E-state index in [2.05, 4.69) is 10.3 Å². The van der Waals surface area contributed by atoms with E-state index in [1.54, 1.807) is 19.2 Å². The topological polar surface area (TPSA) is 112 Å². The van der Waals surface area contributed by atoms with Gasteiger partial charge in [-0.25, -0.2) is 13.8 Å². The van der Waals surface area contributed by atoms with Crippen LogP contribution in [-0.4, -0.2) is 40.8 Å². The van der Waals surface area contributed by atoms with E-state index in [0.717, 1.165) is 12.1 Å². The van der Waals surface area contributed by atoms with Gasteiger partial charge in [-0.05, 0) is 48.9 Å². The molecule has 1 heterocycles. The fourth-order valence-electron chi connectivity index (χ4n) is 3.19. The van der Waals surface area contributed by atoms with Crippen molar-refractivity contribution < 1.29 is 23.8 Å². The van der Waals surface area contributed by atoms with Gasteiger partial charge in [0.05, 0.1) is 29.6 Å². The summed E-state index contributed by atoms with van der Waals surface area (Å²) in [6.07, 6.45) is 0.552. The first-order valence-electron chi connectivity index (χ1n) is 9.95. The summed E-state index contributed by atoms with van der Waals surface area (Å²) in [5.74, 6) is -2.01. The summed E-state index contributed by atoms with van der Waals surface area (Å²) in [6, 6.07) is 10.5. The number of amides is 1. The van der Waals surface area contributed by atoms with Gasteiger partial charge in [0.2, 0.25) is 0 Å². The lowest BCUT2D eigenvalue weighted by atomic mass is 10.1. The van der Waals surface area contributed by atoms with Crippen LogP contribution in [-0.2, 0) is 0 Å². The maximum atomic E-state index is 14.2. The third-order valence-corrected chi connectivity index (χ3v) is 5.13. The highest BCUT2D eigenvalue weighted by molar-refractivity contribution is 5.99. The van der Waals surface area contributed by atoms with Gasteiger partial charge in [-0.3, -0.25) is 4.79 Å². The molecule has 0 saturated carbocycles. The fraction of sp³-hybridized carbons (Fsp3) is 0.217. The third kappa shape index (κ3) is 4.78. The zero-order valence-corrected chi connectivity index (χ0v) is 17.6. The van der Waals surface area contributed by atoms with Crippen molar-refractivity contribution in [1.82, 2.24) is 10.3 Å². The summed E-state index contributed by atoms with van der Waals surface area (Å²) in [7, 11) is 1.60. The summed E-state index contributed by atoms with van der Waals surface area (Å²) < 4.78 is 27.4. The van der Waals surface area contributed by atoms with Gasteiger partial charge in [0.1, 0.15) is 23.2 Å². The van der Waals surface area contributed by atoms with Crippen molar-refractivity contribution in [1.29, 1.82) is 0 Å². The Kier molecular flexibility index (Phi) is 6.89. The molecule has 0 aliphatic carbocycles. The van der Waals surface area contributed by atoms with E-state index in [1.165, 1.54) is 29.2 Å². The summed E-state index contributed by atoms with van der Waals surface area (Å²) in [5, 5.41) is 22.3. The van der Waals surface area contributed by atoms with Crippen LogP contribution in [0.15, 0.2) is 48.5 Å². The number of aromatic hydroxyl groups is 1. The number of aliphatic hydroxyl groups is 1. The molecule has 1 aromatic heterocycles. The number of hydrogen-bond acceptors (Lipinski definition) is 6. The average molecular weight is 442 g/mol. The number of pyridine rings is 1. The average Bonchev–Trinajstić information content (AvgIpc) is 2.77. The second kappa shape index (κ2) is 9.61. The number of benzene rings is 2. The van der Waals surface area contributed by atoms with Crippen molar-refractivity contribution in [3.63, 3.8) is 0 Å². The Labute approximate surface area is 184 Å². The van der Waals surface area contributed by atoms with Crippen molar-refractivity contribution >= 4 is 23.1 Å². The molecule has 32 heavy (non-hydrogen) atoms. The quantitative estimate of drug-likeness (QED) is 0.445. The molecule has 0 aliphatic rings. The van der Waals surface area contributed by atoms with Crippen LogP contribution < -0.4 is 16.0 Å². The largest absolute Gasteiger partial charge is 0.507 e. The molecule has 0 radical (unpaired) electrons. The molecule has 168 valence electrons. The van der Waals surface area contributed by atoms with Crippen LogP contribution in [0.25, 0.3) is 11.3 Å². The number of nitrogen functional groups attached to an aromatic ring is 1. The number of aromatic nitrogens is 1. The van der Waals surface area contributed by atoms with Crippen molar-refractivity contribution in [2.75, 3.05) is 24.3 Å². The summed E-state index contributed by atoms with van der Waals surface area (Å²) >= 11 is 0. The Bertz CT molecular complexity index is 1140. The highest BCUT2D eigenvalue weighted by Gasteiger charge is 2.18. The third-order valence-electron chi connectivity index (χ3n) is 5.13. The number of rotatable bonds is 7. The number of phenols is 1. The van der Waals surface area contributed by atoms with Gasteiger partial charge >= 0.3 is 0 Å². The second-order valence-electron chi connectivity index (χ2n) is 7.25. The summed E-state index contributed by atoms with van der Waals surface area (Å²) in [5.41, 5.74) is 7.41. The minimum atomic E-state index is -0.729. The van der Waals surface area contributed by atoms with Crippen LogP contribution in [0.4, 0.5) is 26.0 Å². The number of nitrogens with zero attached hydrogens (tertiary/aromatic N) is 2. The number of halogens is 2. The van der Waals surface area contributed by atoms with E-state index >= 15 is 0 Å². The molecule has 7 nitrogen and oxygen atoms in total. The van der Waals surface area contributed by atoms with Crippen molar-refractivity contribution in [2.24, 2.45) is 0 Å². The van der Waals surface area contributed by atoms with E-state index in [9.17, 15) is 23.8 Å². The predicted molar refractivity (Wildman–Crippen MR) is 119 cm³/mol. The monoisotopic (exact) mass is 442 g/mol. The van der Waals surface area contributed by atoms with E-state index in [-0.39, 0.29) is 29.4 Å². The molecular formula is C23H24F2N4O3. The zero-order chi connectivity index (χ0) is 23.4. The van der Waals surface area contributed by atoms with Gasteiger partial charge < -0.3 is 26.2 Å². The lowest BCUT2D eigenvalue weighted by molar-refractivity contribution is 0.0915. The van der Waals surface area contributed by atoms with Crippen LogP contribution in [0.2, 0.25) is 0 Å². The first kappa shape index (κ1) is 23.0. The second-order valence-corrected chi connectivity index (χ2v) is 7.25. The molecule has 0 bridgehead atoms. The molecule has 0 spiro atoms. The molecule has 5 N–H and O–H groups in total. The first-order valence-corrected chi connectivity index (χ1v) is 9.95. The molecule has 0 unspecified atom stereocenters. The van der Waals surface area contributed by atoms with Crippen molar-refractivity contribution in [2.45, 2.75) is 19.4 Å². The fourth-order valence-corrected chi connectivity index (χ4v) is 3.19. The van der Waals surface area contributed by atoms with Gasteiger partial charge in [-0.2, -0.15) is 0 Å². The lowest BCUT2D eigenvalue weighted by Gasteiger charge is -2.21. The molecule has 9 heteroatoms. The van der Waals surface area contributed by atoms with Crippen LogP contribution in [0.1, 0.15) is 23.7 Å². The molecule has 0 aliphatic heterocycles. The van der Waals surface area contributed by atoms with E-state index in [4.69, 9.17) is 5.73 Å². The molecule has 3 aromatic rings. The molecule has 2 aromatic carbocycles. The van der Waals surface area contributed by atoms with E-state index < -0.39 is 23.6 Å². The Morgan fingerprint density at radius 1 is 1.19 bits per heavy atom. The standard InChI is InChI=1S/C23H24F2N4O3/c1-3-14(12-30)27-23(32)16-6-7-19(28-22(16)26)17-11-15(5-9-21(17)31)29(2)20-8-4-13(24)10-18(20)25/h4-11,14,30-31H,3,12H2,1-2H3,(H2,26,28)(H,27,32)/t14-/m1/s1.